The zero-order valence-corrected chi connectivity index (χ0v) is 14.4. The molecule has 0 saturated carbocycles. The second kappa shape index (κ2) is 7.91. The molecule has 1 aliphatic rings. The number of rotatable bonds is 6. The third-order valence-electron chi connectivity index (χ3n) is 3.11. The molecule has 130 valence electrons. The number of hydrogen-bond acceptors (Lipinski definition) is 6. The van der Waals surface area contributed by atoms with E-state index in [0.717, 1.165) is 0 Å². The summed E-state index contributed by atoms with van der Waals surface area (Å²) in [6.07, 6.45) is 2.84. The van der Waals surface area contributed by atoms with E-state index >= 15 is 0 Å². The fourth-order valence-electron chi connectivity index (χ4n) is 2.02. The van der Waals surface area contributed by atoms with Crippen LogP contribution in [0.5, 0.6) is 5.75 Å². The Morgan fingerprint density at radius 3 is 2.76 bits per heavy atom. The SMILES string of the molecule is C=CCN1C(=O)/C(=C\c2ccc(OCC(=O)[O-])c(Cl)c2)C(=O)NC1=S. The van der Waals surface area contributed by atoms with Crippen LogP contribution >= 0.6 is 23.8 Å². The minimum Gasteiger partial charge on any atom is -0.546 e. The topological polar surface area (TPSA) is 98.8 Å². The summed E-state index contributed by atoms with van der Waals surface area (Å²) in [7, 11) is 0. The zero-order valence-electron chi connectivity index (χ0n) is 12.8. The van der Waals surface area contributed by atoms with Gasteiger partial charge in [0.1, 0.15) is 17.9 Å². The highest BCUT2D eigenvalue weighted by atomic mass is 35.5. The predicted molar refractivity (Wildman–Crippen MR) is 92.6 cm³/mol. The number of carbonyl (C=O) groups excluding carboxylic acids is 3. The number of aliphatic carboxylic acids is 1. The van der Waals surface area contributed by atoms with Crippen molar-refractivity contribution in [3.8, 4) is 5.75 Å². The first kappa shape index (κ1) is 18.6. The molecule has 0 aliphatic carbocycles. The Morgan fingerprint density at radius 2 is 2.16 bits per heavy atom. The summed E-state index contributed by atoms with van der Waals surface area (Å²) in [5.74, 6) is -2.42. The lowest BCUT2D eigenvalue weighted by atomic mass is 10.1. The molecule has 9 heteroatoms. The van der Waals surface area contributed by atoms with E-state index in [0.29, 0.717) is 5.56 Å². The number of benzene rings is 1. The summed E-state index contributed by atoms with van der Waals surface area (Å²) >= 11 is 11.0. The molecule has 2 amide bonds. The average Bonchev–Trinajstić information content (AvgIpc) is 2.54. The smallest absolute Gasteiger partial charge is 0.265 e. The summed E-state index contributed by atoms with van der Waals surface area (Å²) in [6, 6.07) is 4.38. The van der Waals surface area contributed by atoms with Crippen molar-refractivity contribution >= 4 is 52.8 Å². The van der Waals surface area contributed by atoms with Crippen molar-refractivity contribution < 1.29 is 24.2 Å². The number of amides is 2. The Morgan fingerprint density at radius 1 is 1.44 bits per heavy atom. The van der Waals surface area contributed by atoms with Gasteiger partial charge < -0.3 is 14.6 Å². The molecule has 0 aromatic heterocycles. The molecule has 1 aromatic rings. The molecule has 7 nitrogen and oxygen atoms in total. The Balaban J connectivity index is 2.28. The first-order valence-electron chi connectivity index (χ1n) is 6.95. The van der Waals surface area contributed by atoms with Crippen molar-refractivity contribution in [3.05, 3.63) is 47.0 Å². The van der Waals surface area contributed by atoms with Crippen molar-refractivity contribution in [2.24, 2.45) is 0 Å². The van der Waals surface area contributed by atoms with Crippen LogP contribution in [0.2, 0.25) is 5.02 Å². The number of nitrogens with one attached hydrogen (secondary N) is 1. The average molecular weight is 380 g/mol. The Bertz CT molecular complexity index is 806. The summed E-state index contributed by atoms with van der Waals surface area (Å²) < 4.78 is 4.95. The highest BCUT2D eigenvalue weighted by Gasteiger charge is 2.32. The van der Waals surface area contributed by atoms with E-state index < -0.39 is 24.4 Å². The Hall–Kier alpha value is -2.71. The van der Waals surface area contributed by atoms with Crippen molar-refractivity contribution in [3.63, 3.8) is 0 Å². The lowest BCUT2D eigenvalue weighted by molar-refractivity contribution is -0.307. The minimum absolute atomic E-state index is 0.0103. The molecular formula is C16H12ClN2O5S-. The molecule has 0 unspecified atom stereocenters. The lowest BCUT2D eigenvalue weighted by Crippen LogP contribution is -2.53. The maximum atomic E-state index is 12.4. The van der Waals surface area contributed by atoms with Gasteiger partial charge in [0.05, 0.1) is 11.0 Å². The van der Waals surface area contributed by atoms with E-state index in [4.69, 9.17) is 28.6 Å². The van der Waals surface area contributed by atoms with Crippen LogP contribution in [-0.2, 0) is 14.4 Å². The number of halogens is 1. The molecule has 0 bridgehead atoms. The molecule has 0 spiro atoms. The number of carboxylic acids is 1. The summed E-state index contributed by atoms with van der Waals surface area (Å²) in [6.45, 7) is 3.05. The summed E-state index contributed by atoms with van der Waals surface area (Å²) in [5, 5.41) is 13.0. The number of thiocarbonyl (C=S) groups is 1. The number of carboxylic acid groups (broad SMARTS) is 1. The van der Waals surface area contributed by atoms with Crippen LogP contribution in [0.1, 0.15) is 5.56 Å². The molecule has 1 N–H and O–H groups in total. The first-order chi connectivity index (χ1) is 11.8. The van der Waals surface area contributed by atoms with Gasteiger partial charge in [-0.25, -0.2) is 0 Å². The van der Waals surface area contributed by atoms with Gasteiger partial charge in [-0.2, -0.15) is 0 Å². The van der Waals surface area contributed by atoms with Gasteiger partial charge in [-0.15, -0.1) is 6.58 Å². The lowest BCUT2D eigenvalue weighted by Gasteiger charge is -2.27. The molecule has 1 saturated heterocycles. The third kappa shape index (κ3) is 4.43. The van der Waals surface area contributed by atoms with E-state index in [1.807, 2.05) is 0 Å². The largest absolute Gasteiger partial charge is 0.546 e. The predicted octanol–water partition coefficient (Wildman–Crippen LogP) is 0.281. The van der Waals surface area contributed by atoms with Gasteiger partial charge in [-0.3, -0.25) is 19.8 Å². The van der Waals surface area contributed by atoms with Gasteiger partial charge in [0.2, 0.25) is 0 Å². The van der Waals surface area contributed by atoms with Crippen molar-refractivity contribution in [2.45, 2.75) is 0 Å². The van der Waals surface area contributed by atoms with Gasteiger partial charge in [-0.1, -0.05) is 23.7 Å². The Labute approximate surface area is 153 Å². The van der Waals surface area contributed by atoms with Crippen molar-refractivity contribution in [1.29, 1.82) is 0 Å². The molecule has 1 fully saturated rings. The highest BCUT2D eigenvalue weighted by Crippen LogP contribution is 2.27. The van der Waals surface area contributed by atoms with Gasteiger partial charge >= 0.3 is 0 Å². The fourth-order valence-corrected chi connectivity index (χ4v) is 2.51. The van der Waals surface area contributed by atoms with Gasteiger partial charge in [0.15, 0.2) is 5.11 Å². The second-order valence-electron chi connectivity index (χ2n) is 4.87. The third-order valence-corrected chi connectivity index (χ3v) is 3.73. The Kier molecular flexibility index (Phi) is 5.89. The van der Waals surface area contributed by atoms with Crippen LogP contribution < -0.4 is 15.2 Å². The molecule has 25 heavy (non-hydrogen) atoms. The van der Waals surface area contributed by atoms with Crippen LogP contribution in [0, 0.1) is 0 Å². The van der Waals surface area contributed by atoms with Crippen LogP contribution in [0.4, 0.5) is 0 Å². The van der Waals surface area contributed by atoms with Gasteiger partial charge in [-0.05, 0) is 36.0 Å². The molecule has 0 radical (unpaired) electrons. The van der Waals surface area contributed by atoms with E-state index in [-0.39, 0.29) is 28.0 Å². The molecule has 1 aromatic carbocycles. The van der Waals surface area contributed by atoms with E-state index in [2.05, 4.69) is 11.9 Å². The van der Waals surface area contributed by atoms with Crippen molar-refractivity contribution in [2.75, 3.05) is 13.2 Å². The van der Waals surface area contributed by atoms with Gasteiger partial charge in [0, 0.05) is 6.54 Å². The second-order valence-corrected chi connectivity index (χ2v) is 5.67. The highest BCUT2D eigenvalue weighted by molar-refractivity contribution is 7.80. The minimum atomic E-state index is -1.38. The standard InChI is InChI=1S/C16H13ClN2O5S/c1-2-5-19-15(23)10(14(22)18-16(19)25)6-9-3-4-12(11(17)7-9)24-8-13(20)21/h2-4,6-7H,1,5,8H2,(H,20,21)(H,18,22,25)/p-1/b10-6-. The molecule has 1 heterocycles. The maximum absolute atomic E-state index is 12.4. The molecule has 1 aliphatic heterocycles. The van der Waals surface area contributed by atoms with E-state index in [1.165, 1.54) is 35.3 Å². The number of hydrogen-bond donors (Lipinski definition) is 1. The maximum Gasteiger partial charge on any atom is 0.265 e. The fraction of sp³-hybridized carbons (Fsp3) is 0.125. The van der Waals surface area contributed by atoms with Crippen LogP contribution in [-0.4, -0.2) is 40.9 Å². The van der Waals surface area contributed by atoms with Crippen molar-refractivity contribution in [1.82, 2.24) is 10.2 Å². The summed E-state index contributed by atoms with van der Waals surface area (Å²) in [4.78, 5) is 36.0. The molecular weight excluding hydrogens is 368 g/mol. The van der Waals surface area contributed by atoms with Crippen LogP contribution in [0.25, 0.3) is 6.08 Å². The van der Waals surface area contributed by atoms with Crippen LogP contribution in [0.3, 0.4) is 0 Å². The van der Waals surface area contributed by atoms with Gasteiger partial charge in [0.25, 0.3) is 11.8 Å². The van der Waals surface area contributed by atoms with E-state index in [1.54, 1.807) is 0 Å². The normalized spacial score (nSPS) is 16.0. The quantitative estimate of drug-likeness (QED) is 0.330. The van der Waals surface area contributed by atoms with E-state index in [9.17, 15) is 19.5 Å². The summed E-state index contributed by atoms with van der Waals surface area (Å²) in [5.41, 5.74) is 0.339. The molecule has 2 rings (SSSR count). The first-order valence-corrected chi connectivity index (χ1v) is 7.74. The number of ether oxygens (including phenoxy) is 1. The zero-order chi connectivity index (χ0) is 18.6. The van der Waals surface area contributed by atoms with Crippen LogP contribution in [0.15, 0.2) is 36.4 Å². The number of carbonyl (C=O) groups is 3. The monoisotopic (exact) mass is 379 g/mol. The number of nitrogens with zero attached hydrogens (tertiary/aromatic N) is 1. The molecule has 0 atom stereocenters.